The van der Waals surface area contributed by atoms with Gasteiger partial charge in [0, 0.05) is 29.7 Å². The van der Waals surface area contributed by atoms with Crippen LogP contribution in [-0.2, 0) is 14.8 Å². The normalized spacial score (nSPS) is 22.2. The Kier molecular flexibility index (Phi) is 6.57. The zero-order valence-electron chi connectivity index (χ0n) is 14.1. The van der Waals surface area contributed by atoms with Crippen LogP contribution in [0.4, 0.5) is 11.4 Å². The first-order chi connectivity index (χ1) is 12.0. The lowest BCUT2D eigenvalue weighted by Crippen LogP contribution is -2.24. The molecule has 0 saturated carbocycles. The molecule has 0 spiro atoms. The zero-order chi connectivity index (χ0) is 17.7. The topological polar surface area (TPSA) is 66.5 Å². The van der Waals surface area contributed by atoms with E-state index < -0.39 is 10.0 Å². The molecule has 0 aromatic heterocycles. The van der Waals surface area contributed by atoms with Gasteiger partial charge in [-0.2, -0.15) is 0 Å². The first-order valence-corrected chi connectivity index (χ1v) is 12.7. The Morgan fingerprint density at radius 3 is 2.68 bits per heavy atom. The largest absolute Gasteiger partial charge is 0.326 e. The van der Waals surface area contributed by atoms with E-state index in [0.29, 0.717) is 30.8 Å². The van der Waals surface area contributed by atoms with E-state index in [1.807, 2.05) is 21.6 Å². The van der Waals surface area contributed by atoms with Crippen molar-refractivity contribution in [1.82, 2.24) is 0 Å². The lowest BCUT2D eigenvalue weighted by atomic mass is 10.1. The molecule has 2 aliphatic heterocycles. The van der Waals surface area contributed by atoms with Crippen molar-refractivity contribution in [2.45, 2.75) is 43.8 Å². The van der Waals surface area contributed by atoms with Gasteiger partial charge in [0.15, 0.2) is 0 Å². The fourth-order valence-corrected chi connectivity index (χ4v) is 7.68. The Labute approximate surface area is 157 Å². The summed E-state index contributed by atoms with van der Waals surface area (Å²) in [5.74, 6) is 1.49. The summed E-state index contributed by atoms with van der Waals surface area (Å²) in [6.45, 7) is 0.534. The van der Waals surface area contributed by atoms with Crippen LogP contribution in [0.15, 0.2) is 24.3 Å². The van der Waals surface area contributed by atoms with E-state index in [1.165, 1.54) is 22.9 Å². The van der Waals surface area contributed by atoms with E-state index >= 15 is 0 Å². The second kappa shape index (κ2) is 8.68. The van der Waals surface area contributed by atoms with Gasteiger partial charge in [-0.1, -0.05) is 28.0 Å². The van der Waals surface area contributed by atoms with Crippen molar-refractivity contribution < 1.29 is 13.2 Å². The Hall–Kier alpha value is -0.860. The molecular formula is C17H24N2O3S3. The van der Waals surface area contributed by atoms with Crippen molar-refractivity contribution in [3.63, 3.8) is 0 Å². The number of nitrogens with zero attached hydrogens (tertiary/aromatic N) is 1. The Morgan fingerprint density at radius 2 is 2.04 bits per heavy atom. The Morgan fingerprint density at radius 1 is 1.24 bits per heavy atom. The lowest BCUT2D eigenvalue weighted by molar-refractivity contribution is -0.116. The summed E-state index contributed by atoms with van der Waals surface area (Å²) in [4.78, 5) is 12.0. The molecule has 1 N–H and O–H groups in total. The first-order valence-electron chi connectivity index (χ1n) is 8.73. The number of amides is 1. The van der Waals surface area contributed by atoms with Crippen molar-refractivity contribution in [3.8, 4) is 0 Å². The van der Waals surface area contributed by atoms with Gasteiger partial charge in [-0.3, -0.25) is 9.10 Å². The summed E-state index contributed by atoms with van der Waals surface area (Å²) in [7, 11) is 0.784. The highest BCUT2D eigenvalue weighted by atomic mass is 33.1. The zero-order valence-corrected chi connectivity index (χ0v) is 16.6. The van der Waals surface area contributed by atoms with Gasteiger partial charge in [-0.05, 0) is 49.9 Å². The van der Waals surface area contributed by atoms with Gasteiger partial charge in [0.05, 0.1) is 11.4 Å². The fourth-order valence-electron chi connectivity index (χ4n) is 3.09. The molecular weight excluding hydrogens is 376 g/mol. The predicted molar refractivity (Wildman–Crippen MR) is 108 cm³/mol. The predicted octanol–water partition coefficient (Wildman–Crippen LogP) is 3.88. The molecule has 25 heavy (non-hydrogen) atoms. The van der Waals surface area contributed by atoms with Gasteiger partial charge in [-0.15, -0.1) is 0 Å². The molecule has 1 amide bonds. The summed E-state index contributed by atoms with van der Waals surface area (Å²) < 4.78 is 25.3. The number of carbonyl (C=O) groups excluding carboxylic acids is 1. The molecule has 5 nitrogen and oxygen atoms in total. The molecule has 0 unspecified atom stereocenters. The van der Waals surface area contributed by atoms with Gasteiger partial charge in [0.2, 0.25) is 15.9 Å². The van der Waals surface area contributed by atoms with Crippen molar-refractivity contribution in [3.05, 3.63) is 24.3 Å². The first kappa shape index (κ1) is 18.9. The molecule has 0 bridgehead atoms. The highest BCUT2D eigenvalue weighted by molar-refractivity contribution is 8.77. The third kappa shape index (κ3) is 5.31. The number of nitrogens with one attached hydrogen (secondary N) is 1. The van der Waals surface area contributed by atoms with Gasteiger partial charge < -0.3 is 5.32 Å². The van der Waals surface area contributed by atoms with Crippen molar-refractivity contribution in [2.24, 2.45) is 0 Å². The van der Waals surface area contributed by atoms with Crippen LogP contribution in [-0.4, -0.2) is 37.6 Å². The fraction of sp³-hybridized carbons (Fsp3) is 0.588. The van der Waals surface area contributed by atoms with Crippen LogP contribution in [0.2, 0.25) is 0 Å². The number of hydrogen-bond acceptors (Lipinski definition) is 5. The standard InChI is InChI=1S/C17H24N2O3S3/c20-17(5-2-1-4-16-10-12-23-24-16)18-14-6-8-15(9-7-14)19-11-3-13-25(19,21)22/h6-9,16H,1-5,10-13H2,(H,18,20)/t16-/m0/s1. The molecule has 1 aromatic rings. The van der Waals surface area contributed by atoms with Crippen LogP contribution in [0.5, 0.6) is 0 Å². The third-order valence-electron chi connectivity index (χ3n) is 4.45. The van der Waals surface area contributed by atoms with E-state index in [0.717, 1.165) is 18.1 Å². The van der Waals surface area contributed by atoms with Gasteiger partial charge in [0.1, 0.15) is 0 Å². The van der Waals surface area contributed by atoms with Gasteiger partial charge in [-0.25, -0.2) is 8.42 Å². The summed E-state index contributed by atoms with van der Waals surface area (Å²) in [5, 5.41) is 3.66. The van der Waals surface area contributed by atoms with Crippen LogP contribution in [0.1, 0.15) is 38.5 Å². The van der Waals surface area contributed by atoms with E-state index in [4.69, 9.17) is 0 Å². The SMILES string of the molecule is O=C(CCCC[C@H]1CCSS1)Nc1ccc(N2CCCS2(=O)=O)cc1. The van der Waals surface area contributed by atoms with E-state index in [1.54, 1.807) is 24.3 Å². The molecule has 1 aromatic carbocycles. The molecule has 2 saturated heterocycles. The maximum Gasteiger partial charge on any atom is 0.235 e. The molecule has 3 rings (SSSR count). The van der Waals surface area contributed by atoms with Crippen LogP contribution in [0.25, 0.3) is 0 Å². The molecule has 0 radical (unpaired) electrons. The molecule has 2 heterocycles. The average Bonchev–Trinajstić information content (AvgIpc) is 3.21. The number of rotatable bonds is 7. The Bertz CT molecular complexity index is 686. The Balaban J connectivity index is 1.42. The maximum absolute atomic E-state index is 12.0. The van der Waals surface area contributed by atoms with Crippen molar-refractivity contribution in [1.29, 1.82) is 0 Å². The molecule has 2 fully saturated rings. The molecule has 2 aliphatic rings. The quantitative estimate of drug-likeness (QED) is 0.556. The highest BCUT2D eigenvalue weighted by Gasteiger charge is 2.28. The maximum atomic E-state index is 12.0. The number of anilines is 2. The van der Waals surface area contributed by atoms with Crippen LogP contribution in [0.3, 0.4) is 0 Å². The number of sulfonamides is 1. The summed E-state index contributed by atoms with van der Waals surface area (Å²) in [6, 6.07) is 7.06. The summed E-state index contributed by atoms with van der Waals surface area (Å²) >= 11 is 0. The molecule has 0 aliphatic carbocycles. The minimum atomic E-state index is -3.16. The number of hydrogen-bond donors (Lipinski definition) is 1. The monoisotopic (exact) mass is 400 g/mol. The van der Waals surface area contributed by atoms with Crippen molar-refractivity contribution >= 4 is 48.9 Å². The van der Waals surface area contributed by atoms with Crippen molar-refractivity contribution in [2.75, 3.05) is 27.7 Å². The molecule has 138 valence electrons. The molecule has 1 atom stereocenters. The highest BCUT2D eigenvalue weighted by Crippen LogP contribution is 2.39. The summed E-state index contributed by atoms with van der Waals surface area (Å²) in [6.07, 6.45) is 5.70. The second-order valence-corrected chi connectivity index (χ2v) is 11.2. The van der Waals surface area contributed by atoms with E-state index in [2.05, 4.69) is 5.32 Å². The second-order valence-electron chi connectivity index (χ2n) is 6.41. The third-order valence-corrected chi connectivity index (χ3v) is 9.32. The lowest BCUT2D eigenvalue weighted by Gasteiger charge is -2.17. The van der Waals surface area contributed by atoms with Crippen LogP contribution >= 0.6 is 21.6 Å². The van der Waals surface area contributed by atoms with Gasteiger partial charge in [0.25, 0.3) is 0 Å². The van der Waals surface area contributed by atoms with Crippen LogP contribution in [0, 0.1) is 0 Å². The molecule has 8 heteroatoms. The minimum absolute atomic E-state index is 0.0231. The number of unbranched alkanes of at least 4 members (excludes halogenated alkanes) is 1. The minimum Gasteiger partial charge on any atom is -0.326 e. The van der Waals surface area contributed by atoms with E-state index in [9.17, 15) is 13.2 Å². The smallest absolute Gasteiger partial charge is 0.235 e. The number of carbonyl (C=O) groups is 1. The summed E-state index contributed by atoms with van der Waals surface area (Å²) in [5.41, 5.74) is 1.38. The number of benzene rings is 1. The van der Waals surface area contributed by atoms with Crippen LogP contribution < -0.4 is 9.62 Å². The van der Waals surface area contributed by atoms with Gasteiger partial charge >= 0.3 is 0 Å². The van der Waals surface area contributed by atoms with E-state index in [-0.39, 0.29) is 11.7 Å². The average molecular weight is 401 g/mol.